The van der Waals surface area contributed by atoms with E-state index in [-0.39, 0.29) is 18.1 Å². The van der Waals surface area contributed by atoms with E-state index < -0.39 is 17.8 Å². The molecular formula is C13H18F3N3O2. The highest BCUT2D eigenvalue weighted by Gasteiger charge is 2.33. The zero-order valence-electron chi connectivity index (χ0n) is 11.9. The Hall–Kier alpha value is -1.83. The van der Waals surface area contributed by atoms with E-state index in [1.54, 1.807) is 0 Å². The highest BCUT2D eigenvalue weighted by molar-refractivity contribution is 5.95. The lowest BCUT2D eigenvalue weighted by Gasteiger charge is -2.18. The Morgan fingerprint density at radius 2 is 1.95 bits per heavy atom. The largest absolute Gasteiger partial charge is 0.476 e. The quantitative estimate of drug-likeness (QED) is 0.835. The molecule has 0 aliphatic rings. The van der Waals surface area contributed by atoms with Crippen LogP contribution in [0.3, 0.4) is 0 Å². The van der Waals surface area contributed by atoms with Crippen molar-refractivity contribution in [3.63, 3.8) is 0 Å². The lowest BCUT2D eigenvalue weighted by molar-refractivity contribution is -0.141. The van der Waals surface area contributed by atoms with Crippen molar-refractivity contribution in [3.8, 4) is 5.88 Å². The van der Waals surface area contributed by atoms with Crippen molar-refractivity contribution in [3.05, 3.63) is 23.4 Å². The van der Waals surface area contributed by atoms with Gasteiger partial charge in [0.2, 0.25) is 5.88 Å². The highest BCUT2D eigenvalue weighted by Crippen LogP contribution is 2.30. The van der Waals surface area contributed by atoms with Crippen LogP contribution in [-0.2, 0) is 6.18 Å². The van der Waals surface area contributed by atoms with Crippen molar-refractivity contribution in [2.24, 2.45) is 5.73 Å². The van der Waals surface area contributed by atoms with Gasteiger partial charge in [0.25, 0.3) is 5.91 Å². The van der Waals surface area contributed by atoms with Gasteiger partial charge in [0.1, 0.15) is 17.9 Å². The highest BCUT2D eigenvalue weighted by atomic mass is 19.4. The molecule has 5 nitrogen and oxygen atoms in total. The number of alkyl halides is 3. The summed E-state index contributed by atoms with van der Waals surface area (Å²) in [6.07, 6.45) is -4.60. The summed E-state index contributed by atoms with van der Waals surface area (Å²) >= 11 is 0. The summed E-state index contributed by atoms with van der Waals surface area (Å²) in [5, 5.41) is 0. The van der Waals surface area contributed by atoms with Crippen LogP contribution in [0.5, 0.6) is 5.88 Å². The van der Waals surface area contributed by atoms with Gasteiger partial charge in [-0.2, -0.15) is 13.2 Å². The summed E-state index contributed by atoms with van der Waals surface area (Å²) in [6, 6.07) is 1.68. The number of halogens is 3. The second-order valence-electron chi connectivity index (χ2n) is 4.29. The van der Waals surface area contributed by atoms with Gasteiger partial charge < -0.3 is 15.4 Å². The van der Waals surface area contributed by atoms with Gasteiger partial charge in [0.15, 0.2) is 0 Å². The average molecular weight is 305 g/mol. The number of hydrogen-bond acceptors (Lipinski definition) is 4. The molecule has 0 radical (unpaired) electrons. The van der Waals surface area contributed by atoms with E-state index in [1.165, 1.54) is 0 Å². The predicted octanol–water partition coefficient (Wildman–Crippen LogP) is 1.92. The minimum atomic E-state index is -4.60. The van der Waals surface area contributed by atoms with Crippen molar-refractivity contribution in [2.75, 3.05) is 26.2 Å². The number of pyridine rings is 1. The molecule has 1 aromatic heterocycles. The summed E-state index contributed by atoms with van der Waals surface area (Å²) in [4.78, 5) is 16.6. The number of aromatic nitrogens is 1. The molecule has 0 aromatic carbocycles. The molecule has 8 heteroatoms. The fraction of sp³-hybridized carbons (Fsp3) is 0.538. The van der Waals surface area contributed by atoms with Crippen LogP contribution in [0, 0.1) is 0 Å². The Balaban J connectivity index is 2.89. The van der Waals surface area contributed by atoms with Crippen molar-refractivity contribution in [1.82, 2.24) is 9.88 Å². The van der Waals surface area contributed by atoms with E-state index in [4.69, 9.17) is 10.5 Å². The smallest absolute Gasteiger partial charge is 0.433 e. The number of amides is 1. The second kappa shape index (κ2) is 7.26. The molecule has 0 unspecified atom stereocenters. The zero-order chi connectivity index (χ0) is 16.0. The van der Waals surface area contributed by atoms with Gasteiger partial charge in [-0.1, -0.05) is 13.8 Å². The number of carbonyl (C=O) groups excluding carboxylic acids is 1. The van der Waals surface area contributed by atoms with E-state index >= 15 is 0 Å². The van der Waals surface area contributed by atoms with Gasteiger partial charge in [0, 0.05) is 6.54 Å². The summed E-state index contributed by atoms with van der Waals surface area (Å²) in [6.45, 7) is 6.14. The Kier molecular flexibility index (Phi) is 5.95. The molecule has 0 saturated heterocycles. The van der Waals surface area contributed by atoms with E-state index in [9.17, 15) is 18.0 Å². The molecule has 0 aliphatic carbocycles. The van der Waals surface area contributed by atoms with Crippen molar-refractivity contribution < 1.29 is 22.7 Å². The minimum Gasteiger partial charge on any atom is -0.476 e. The van der Waals surface area contributed by atoms with E-state index in [2.05, 4.69) is 4.98 Å². The Morgan fingerprint density at radius 1 is 1.33 bits per heavy atom. The van der Waals surface area contributed by atoms with Crippen LogP contribution in [0.25, 0.3) is 0 Å². The molecule has 118 valence electrons. The lowest BCUT2D eigenvalue weighted by Crippen LogP contribution is -2.28. The van der Waals surface area contributed by atoms with Crippen molar-refractivity contribution in [1.29, 1.82) is 0 Å². The number of nitrogens with two attached hydrogens (primary N) is 1. The van der Waals surface area contributed by atoms with Crippen molar-refractivity contribution >= 4 is 5.91 Å². The summed E-state index contributed by atoms with van der Waals surface area (Å²) in [5.41, 5.74) is 3.82. The predicted molar refractivity (Wildman–Crippen MR) is 71.0 cm³/mol. The summed E-state index contributed by atoms with van der Waals surface area (Å²) in [7, 11) is 0. The van der Waals surface area contributed by atoms with Crippen LogP contribution in [0.1, 0.15) is 29.9 Å². The third kappa shape index (κ3) is 4.89. The molecule has 0 bridgehead atoms. The van der Waals surface area contributed by atoms with Gasteiger partial charge in [-0.3, -0.25) is 4.79 Å². The molecular weight excluding hydrogens is 287 g/mol. The maximum absolute atomic E-state index is 12.6. The third-order valence-corrected chi connectivity index (χ3v) is 2.96. The van der Waals surface area contributed by atoms with E-state index in [0.717, 1.165) is 19.2 Å². The molecule has 21 heavy (non-hydrogen) atoms. The summed E-state index contributed by atoms with van der Waals surface area (Å²) < 4.78 is 43.1. The first-order valence-corrected chi connectivity index (χ1v) is 6.52. The SMILES string of the molecule is CCN(CC)CCOc1nc(C(F)(F)F)ccc1C(N)=O. The monoisotopic (exact) mass is 305 g/mol. The van der Waals surface area contributed by atoms with Crippen molar-refractivity contribution in [2.45, 2.75) is 20.0 Å². The molecule has 2 N–H and O–H groups in total. The number of rotatable bonds is 7. The maximum atomic E-state index is 12.6. The Morgan fingerprint density at radius 3 is 2.43 bits per heavy atom. The first kappa shape index (κ1) is 17.2. The van der Waals surface area contributed by atoms with Gasteiger partial charge in [0.05, 0.1) is 0 Å². The van der Waals surface area contributed by atoms with Crippen LogP contribution in [0.15, 0.2) is 12.1 Å². The number of ether oxygens (including phenoxy) is 1. The standard InChI is InChI=1S/C13H18F3N3O2/c1-3-19(4-2)7-8-21-12-9(11(17)20)5-6-10(18-12)13(14,15)16/h5-6H,3-4,7-8H2,1-2H3,(H2,17,20). The third-order valence-electron chi connectivity index (χ3n) is 2.96. The van der Waals surface area contributed by atoms with Gasteiger partial charge in [-0.25, -0.2) is 4.98 Å². The van der Waals surface area contributed by atoms with Crippen LogP contribution < -0.4 is 10.5 Å². The first-order chi connectivity index (χ1) is 9.79. The van der Waals surface area contributed by atoms with Gasteiger partial charge in [-0.05, 0) is 25.2 Å². The number of nitrogens with zero attached hydrogens (tertiary/aromatic N) is 2. The molecule has 1 heterocycles. The molecule has 1 rings (SSSR count). The molecule has 1 amide bonds. The number of hydrogen-bond donors (Lipinski definition) is 1. The minimum absolute atomic E-state index is 0.121. The van der Waals surface area contributed by atoms with Crippen LogP contribution in [-0.4, -0.2) is 42.0 Å². The molecule has 1 aromatic rings. The first-order valence-electron chi connectivity index (χ1n) is 6.52. The fourth-order valence-corrected chi connectivity index (χ4v) is 1.71. The van der Waals surface area contributed by atoms with Crippen LogP contribution >= 0.6 is 0 Å². The van der Waals surface area contributed by atoms with Crippen LogP contribution in [0.2, 0.25) is 0 Å². The van der Waals surface area contributed by atoms with E-state index in [1.807, 2.05) is 18.7 Å². The number of carbonyl (C=O) groups is 1. The molecule has 0 spiro atoms. The molecule has 0 fully saturated rings. The lowest BCUT2D eigenvalue weighted by atomic mass is 10.2. The molecule has 0 saturated carbocycles. The van der Waals surface area contributed by atoms with Crippen LogP contribution in [0.4, 0.5) is 13.2 Å². The second-order valence-corrected chi connectivity index (χ2v) is 4.29. The Labute approximate surface area is 120 Å². The molecule has 0 atom stereocenters. The number of likely N-dealkylation sites (N-methyl/N-ethyl adjacent to an activating group) is 1. The number of primary amides is 1. The Bertz CT molecular complexity index is 488. The maximum Gasteiger partial charge on any atom is 0.433 e. The topological polar surface area (TPSA) is 68.4 Å². The average Bonchev–Trinajstić information content (AvgIpc) is 2.42. The fourth-order valence-electron chi connectivity index (χ4n) is 1.71. The molecule has 0 aliphatic heterocycles. The van der Waals surface area contributed by atoms with E-state index in [0.29, 0.717) is 12.6 Å². The van der Waals surface area contributed by atoms with Gasteiger partial charge in [-0.15, -0.1) is 0 Å². The van der Waals surface area contributed by atoms with Gasteiger partial charge >= 0.3 is 6.18 Å². The zero-order valence-corrected chi connectivity index (χ0v) is 11.9. The normalized spacial score (nSPS) is 11.7. The summed E-state index contributed by atoms with van der Waals surface area (Å²) in [5.74, 6) is -1.27.